The van der Waals surface area contributed by atoms with E-state index >= 15 is 4.39 Å². The molecule has 5 rings (SSSR count). The van der Waals surface area contributed by atoms with Crippen molar-refractivity contribution in [3.05, 3.63) is 71.1 Å². The van der Waals surface area contributed by atoms with Crippen LogP contribution < -0.4 is 10.0 Å². The average Bonchev–Trinajstić information content (AvgIpc) is 3.40. The van der Waals surface area contributed by atoms with E-state index < -0.39 is 53.5 Å². The third-order valence-electron chi connectivity index (χ3n) is 7.10. The van der Waals surface area contributed by atoms with E-state index in [9.17, 15) is 25.6 Å². The van der Waals surface area contributed by atoms with Crippen LogP contribution in [0.3, 0.4) is 0 Å². The Bertz CT molecular complexity index is 1940. The van der Waals surface area contributed by atoms with Crippen LogP contribution in [0.4, 0.5) is 24.8 Å². The molecule has 0 bridgehead atoms. The molecule has 0 amide bonds. The number of sulfonamides is 2. The highest BCUT2D eigenvalue weighted by atomic mass is 32.2. The molecule has 0 unspecified atom stereocenters. The van der Waals surface area contributed by atoms with Gasteiger partial charge in [0.15, 0.2) is 10.7 Å². The molecule has 1 aliphatic rings. The second-order valence-corrected chi connectivity index (χ2v) is 16.2. The van der Waals surface area contributed by atoms with Crippen LogP contribution in [-0.4, -0.2) is 61.5 Å². The standard InChI is InChI=1S/C29H31F3N6O4S3/c1-29(2,3)27-36-24(18-7-5-10-21(23(18)32)37-45(41,42)26-19(30)8-6-9-20(26)31)25(43-27)22-11-14-33-28(35-22)34-17-12-15-38(16-13-17)44(4,39)40/h5-11,14,17,37H,12-13,15-16H2,1-4H3,(H,33,34,35). The largest absolute Gasteiger partial charge is 0.351 e. The summed E-state index contributed by atoms with van der Waals surface area (Å²) in [7, 11) is -8.10. The van der Waals surface area contributed by atoms with Crippen molar-refractivity contribution in [1.29, 1.82) is 0 Å². The molecule has 240 valence electrons. The van der Waals surface area contributed by atoms with Crippen molar-refractivity contribution in [2.24, 2.45) is 0 Å². The van der Waals surface area contributed by atoms with E-state index in [0.717, 1.165) is 24.3 Å². The van der Waals surface area contributed by atoms with E-state index in [1.165, 1.54) is 34.0 Å². The third-order valence-corrected chi connectivity index (χ3v) is 11.3. The molecule has 16 heteroatoms. The molecule has 1 saturated heterocycles. The van der Waals surface area contributed by atoms with Gasteiger partial charge in [0.05, 0.1) is 33.2 Å². The first-order chi connectivity index (χ1) is 21.0. The van der Waals surface area contributed by atoms with Crippen LogP contribution in [0.5, 0.6) is 0 Å². The van der Waals surface area contributed by atoms with Crippen LogP contribution in [0.15, 0.2) is 53.6 Å². The fraction of sp³-hybridized carbons (Fsp3) is 0.345. The van der Waals surface area contributed by atoms with Gasteiger partial charge in [0, 0.05) is 36.3 Å². The lowest BCUT2D eigenvalue weighted by molar-refractivity contribution is 0.331. The van der Waals surface area contributed by atoms with Gasteiger partial charge >= 0.3 is 0 Å². The van der Waals surface area contributed by atoms with Crippen LogP contribution in [-0.2, 0) is 25.5 Å². The number of hydrogen-bond acceptors (Lipinski definition) is 9. The lowest BCUT2D eigenvalue weighted by Crippen LogP contribution is -2.42. The summed E-state index contributed by atoms with van der Waals surface area (Å²) in [5, 5.41) is 3.92. The third kappa shape index (κ3) is 7.13. The number of rotatable bonds is 8. The lowest BCUT2D eigenvalue weighted by atomic mass is 9.98. The summed E-state index contributed by atoms with van der Waals surface area (Å²) in [5.74, 6) is -3.32. The van der Waals surface area contributed by atoms with Gasteiger partial charge in [0.25, 0.3) is 10.0 Å². The Hall–Kier alpha value is -3.60. The van der Waals surface area contributed by atoms with Gasteiger partial charge in [-0.05, 0) is 43.2 Å². The van der Waals surface area contributed by atoms with Crippen molar-refractivity contribution in [3.8, 4) is 21.8 Å². The zero-order chi connectivity index (χ0) is 32.7. The van der Waals surface area contributed by atoms with Crippen molar-refractivity contribution < 1.29 is 30.0 Å². The molecule has 2 aromatic carbocycles. The maximum absolute atomic E-state index is 16.1. The molecule has 0 atom stereocenters. The molecular formula is C29H31F3N6O4S3. The van der Waals surface area contributed by atoms with Crippen LogP contribution in [0.1, 0.15) is 38.6 Å². The van der Waals surface area contributed by atoms with Gasteiger partial charge < -0.3 is 5.32 Å². The van der Waals surface area contributed by atoms with Crippen molar-refractivity contribution >= 4 is 43.0 Å². The smallest absolute Gasteiger partial charge is 0.267 e. The van der Waals surface area contributed by atoms with E-state index in [1.807, 2.05) is 25.5 Å². The first kappa shape index (κ1) is 32.8. The highest BCUT2D eigenvalue weighted by Crippen LogP contribution is 2.42. The number of nitrogens with zero attached hydrogens (tertiary/aromatic N) is 4. The Kier molecular flexibility index (Phi) is 8.96. The van der Waals surface area contributed by atoms with Crippen molar-refractivity contribution in [1.82, 2.24) is 19.3 Å². The Morgan fingerprint density at radius 1 is 0.933 bits per heavy atom. The molecule has 4 aromatic rings. The summed E-state index contributed by atoms with van der Waals surface area (Å²) in [6.45, 7) is 6.57. The first-order valence-electron chi connectivity index (χ1n) is 13.9. The normalized spacial score (nSPS) is 15.3. The molecule has 0 saturated carbocycles. The predicted octanol–water partition coefficient (Wildman–Crippen LogP) is 5.62. The summed E-state index contributed by atoms with van der Waals surface area (Å²) in [5.41, 5.74) is -0.365. The molecule has 2 aromatic heterocycles. The van der Waals surface area contributed by atoms with Gasteiger partial charge in [-0.25, -0.2) is 49.3 Å². The monoisotopic (exact) mass is 680 g/mol. The number of aromatic nitrogens is 3. The molecule has 0 spiro atoms. The van der Waals surface area contributed by atoms with E-state index in [2.05, 4.69) is 15.3 Å². The van der Waals surface area contributed by atoms with Gasteiger partial charge in [0.1, 0.15) is 11.6 Å². The zero-order valence-electron chi connectivity index (χ0n) is 24.8. The molecule has 2 N–H and O–H groups in total. The number of benzene rings is 2. The fourth-order valence-electron chi connectivity index (χ4n) is 4.79. The van der Waals surface area contributed by atoms with Gasteiger partial charge in [0.2, 0.25) is 16.0 Å². The van der Waals surface area contributed by atoms with Crippen LogP contribution >= 0.6 is 11.3 Å². The van der Waals surface area contributed by atoms with Crippen molar-refractivity contribution in [2.75, 3.05) is 29.4 Å². The number of nitrogens with one attached hydrogen (secondary N) is 2. The second-order valence-electron chi connectivity index (χ2n) is 11.6. The SMILES string of the molecule is CC(C)(C)c1nc(-c2cccc(NS(=O)(=O)c3c(F)cccc3F)c2F)c(-c2ccnc(NC3CCN(S(C)(=O)=O)CC3)n2)s1. The zero-order valence-corrected chi connectivity index (χ0v) is 27.3. The van der Waals surface area contributed by atoms with Gasteiger partial charge in [-0.2, -0.15) is 0 Å². The minimum Gasteiger partial charge on any atom is -0.351 e. The van der Waals surface area contributed by atoms with Gasteiger partial charge in [-0.1, -0.05) is 32.9 Å². The predicted molar refractivity (Wildman–Crippen MR) is 167 cm³/mol. The highest BCUT2D eigenvalue weighted by molar-refractivity contribution is 7.92. The number of hydrogen-bond donors (Lipinski definition) is 2. The van der Waals surface area contributed by atoms with Crippen LogP contribution in [0.2, 0.25) is 0 Å². The molecular weight excluding hydrogens is 650 g/mol. The summed E-state index contributed by atoms with van der Waals surface area (Å²) in [6, 6.07) is 8.18. The van der Waals surface area contributed by atoms with E-state index in [0.29, 0.717) is 47.5 Å². The highest BCUT2D eigenvalue weighted by Gasteiger charge is 2.29. The molecule has 45 heavy (non-hydrogen) atoms. The molecule has 0 radical (unpaired) electrons. The molecule has 3 heterocycles. The van der Waals surface area contributed by atoms with E-state index in [-0.39, 0.29) is 17.3 Å². The fourth-order valence-corrected chi connectivity index (χ4v) is 7.97. The number of anilines is 2. The summed E-state index contributed by atoms with van der Waals surface area (Å²) in [6.07, 6.45) is 3.85. The molecule has 1 aliphatic heterocycles. The number of thiazole rings is 1. The van der Waals surface area contributed by atoms with E-state index in [1.54, 1.807) is 12.3 Å². The lowest BCUT2D eigenvalue weighted by Gasteiger charge is -2.30. The summed E-state index contributed by atoms with van der Waals surface area (Å²) < 4.78 is 97.6. The second kappa shape index (κ2) is 12.3. The molecule has 10 nitrogen and oxygen atoms in total. The summed E-state index contributed by atoms with van der Waals surface area (Å²) in [4.78, 5) is 13.0. The Balaban J connectivity index is 1.50. The van der Waals surface area contributed by atoms with Crippen molar-refractivity contribution in [2.45, 2.75) is 50.0 Å². The van der Waals surface area contributed by atoms with Gasteiger partial charge in [-0.3, -0.25) is 4.72 Å². The first-order valence-corrected chi connectivity index (χ1v) is 18.0. The van der Waals surface area contributed by atoms with E-state index in [4.69, 9.17) is 4.98 Å². The topological polar surface area (TPSA) is 134 Å². The molecule has 1 fully saturated rings. The minimum atomic E-state index is -4.83. The van der Waals surface area contributed by atoms with Crippen molar-refractivity contribution in [3.63, 3.8) is 0 Å². The number of halogens is 3. The van der Waals surface area contributed by atoms with Crippen LogP contribution in [0, 0.1) is 17.5 Å². The Morgan fingerprint density at radius 2 is 1.58 bits per heavy atom. The van der Waals surface area contributed by atoms with Gasteiger partial charge in [-0.15, -0.1) is 11.3 Å². The minimum absolute atomic E-state index is 0.0489. The maximum Gasteiger partial charge on any atom is 0.267 e. The Morgan fingerprint density at radius 3 is 2.20 bits per heavy atom. The van der Waals surface area contributed by atoms with Crippen LogP contribution in [0.25, 0.3) is 21.8 Å². The maximum atomic E-state index is 16.1. The average molecular weight is 681 g/mol. The number of piperidine rings is 1. The molecule has 0 aliphatic carbocycles. The quantitative estimate of drug-likeness (QED) is 0.245. The Labute approximate surface area is 263 Å². The summed E-state index contributed by atoms with van der Waals surface area (Å²) >= 11 is 1.29.